The molecule has 0 fully saturated rings. The summed E-state index contributed by atoms with van der Waals surface area (Å²) in [6, 6.07) is 14.8. The van der Waals surface area contributed by atoms with Gasteiger partial charge in [0.1, 0.15) is 5.69 Å². The molecule has 3 N–H and O–H groups in total. The summed E-state index contributed by atoms with van der Waals surface area (Å²) in [6.45, 7) is 1.79. The Morgan fingerprint density at radius 2 is 1.74 bits per heavy atom. The van der Waals surface area contributed by atoms with Crippen molar-refractivity contribution in [1.82, 2.24) is 4.98 Å². The zero-order valence-electron chi connectivity index (χ0n) is 12.3. The van der Waals surface area contributed by atoms with Crippen molar-refractivity contribution in [2.24, 2.45) is 5.73 Å². The second-order valence-electron chi connectivity index (χ2n) is 5.24. The predicted molar refractivity (Wildman–Crippen MR) is 86.4 cm³/mol. The monoisotopic (exact) mass is 300 g/mol. The van der Waals surface area contributed by atoms with E-state index in [2.05, 4.69) is 17.1 Å². The fraction of sp³-hybridized carbons (Fsp3) is 0.0556. The molecule has 3 aromatic rings. The van der Waals surface area contributed by atoms with Crippen molar-refractivity contribution in [2.75, 3.05) is 0 Å². The van der Waals surface area contributed by atoms with Crippen molar-refractivity contribution in [3.63, 3.8) is 0 Å². The van der Waals surface area contributed by atoms with Crippen LogP contribution in [0.3, 0.4) is 0 Å². The number of aryl methyl sites for hydroxylation is 1. The number of fused-ring (bicyclic) bond motifs is 1. The van der Waals surface area contributed by atoms with E-state index in [1.807, 2.05) is 12.1 Å². The van der Waals surface area contributed by atoms with Crippen LogP contribution in [0.25, 0.3) is 22.0 Å². The molecule has 0 aliphatic heterocycles. The van der Waals surface area contributed by atoms with Gasteiger partial charge in [0.15, 0.2) is 0 Å². The lowest BCUT2D eigenvalue weighted by atomic mass is 9.98. The molecule has 5 heteroatoms. The summed E-state index contributed by atoms with van der Waals surface area (Å²) in [6.07, 6.45) is 0. The van der Waals surface area contributed by atoms with Crippen LogP contribution in [-0.2, 0) is 0 Å². The Bertz CT molecular complexity index is 1010. The molecule has 0 unspecified atom stereocenters. The van der Waals surface area contributed by atoms with Crippen molar-refractivity contribution in [2.45, 2.75) is 6.92 Å². The summed E-state index contributed by atoms with van der Waals surface area (Å²) >= 11 is 0. The number of nitriles is 2. The van der Waals surface area contributed by atoms with E-state index >= 15 is 0 Å². The summed E-state index contributed by atoms with van der Waals surface area (Å²) in [5.41, 5.74) is 9.91. The third-order valence-electron chi connectivity index (χ3n) is 3.87. The maximum Gasteiger partial charge on any atom is 0.265 e. The number of aromatic nitrogens is 1. The van der Waals surface area contributed by atoms with Gasteiger partial charge in [-0.3, -0.25) is 4.79 Å². The van der Waals surface area contributed by atoms with Crippen LogP contribution in [0, 0.1) is 29.6 Å². The fourth-order valence-electron chi connectivity index (χ4n) is 2.69. The van der Waals surface area contributed by atoms with E-state index in [9.17, 15) is 10.1 Å². The molecule has 0 radical (unpaired) electrons. The minimum atomic E-state index is -0.539. The Morgan fingerprint density at radius 3 is 2.30 bits per heavy atom. The zero-order valence-corrected chi connectivity index (χ0v) is 12.3. The molecule has 23 heavy (non-hydrogen) atoms. The second-order valence-corrected chi connectivity index (χ2v) is 5.24. The van der Waals surface area contributed by atoms with Crippen LogP contribution in [0.1, 0.15) is 27.2 Å². The van der Waals surface area contributed by atoms with Crippen LogP contribution in [0.5, 0.6) is 0 Å². The molecule has 0 aliphatic carbocycles. The molecule has 0 atom stereocenters. The average molecular weight is 300 g/mol. The number of hydrogen-bond acceptors (Lipinski definition) is 3. The molecule has 110 valence electrons. The van der Waals surface area contributed by atoms with Crippen molar-refractivity contribution >= 4 is 16.8 Å². The number of carbonyl (C=O) groups excluding carboxylic acids is 1. The van der Waals surface area contributed by atoms with E-state index in [1.165, 1.54) is 0 Å². The van der Waals surface area contributed by atoms with Crippen LogP contribution in [-0.4, -0.2) is 10.9 Å². The van der Waals surface area contributed by atoms with Gasteiger partial charge >= 0.3 is 0 Å². The second kappa shape index (κ2) is 5.32. The molecular formula is C18H12N4O. The van der Waals surface area contributed by atoms with E-state index in [0.29, 0.717) is 16.8 Å². The van der Waals surface area contributed by atoms with Crippen LogP contribution < -0.4 is 5.73 Å². The van der Waals surface area contributed by atoms with Crippen LogP contribution in [0.15, 0.2) is 36.4 Å². The van der Waals surface area contributed by atoms with Crippen molar-refractivity contribution in [1.29, 1.82) is 10.5 Å². The lowest BCUT2D eigenvalue weighted by Gasteiger charge is -2.05. The molecule has 1 aromatic heterocycles. The first-order chi connectivity index (χ1) is 11.0. The highest BCUT2D eigenvalue weighted by Crippen LogP contribution is 2.33. The molecule has 0 bridgehead atoms. The summed E-state index contributed by atoms with van der Waals surface area (Å²) in [7, 11) is 0. The number of carbonyl (C=O) groups is 1. The number of nitrogens with zero attached hydrogens (tertiary/aromatic N) is 2. The van der Waals surface area contributed by atoms with Gasteiger partial charge in [-0.05, 0) is 42.3 Å². The van der Waals surface area contributed by atoms with Gasteiger partial charge in [-0.2, -0.15) is 10.5 Å². The summed E-state index contributed by atoms with van der Waals surface area (Å²) in [4.78, 5) is 14.6. The molecule has 0 saturated carbocycles. The number of rotatable bonds is 2. The van der Waals surface area contributed by atoms with Crippen LogP contribution in [0.2, 0.25) is 0 Å². The minimum Gasteiger partial charge on any atom is -0.364 e. The van der Waals surface area contributed by atoms with Gasteiger partial charge in [-0.25, -0.2) is 0 Å². The maximum absolute atomic E-state index is 11.6. The summed E-state index contributed by atoms with van der Waals surface area (Å²) < 4.78 is 0. The molecule has 0 aliphatic rings. The smallest absolute Gasteiger partial charge is 0.265 e. The first kappa shape index (κ1) is 14.4. The number of benzene rings is 2. The highest BCUT2D eigenvalue weighted by atomic mass is 16.1. The Morgan fingerprint density at radius 1 is 1.09 bits per heavy atom. The SMILES string of the molecule is Cc1c(C(N)=O)[nH]c2c(-c3ccc(C#N)cc3)cc(C#N)cc12. The molecule has 3 rings (SSSR count). The van der Waals surface area contributed by atoms with Crippen LogP contribution >= 0.6 is 0 Å². The van der Waals surface area contributed by atoms with Gasteiger partial charge in [0.05, 0.1) is 28.8 Å². The molecule has 1 amide bonds. The Labute approximate surface area is 132 Å². The third-order valence-corrected chi connectivity index (χ3v) is 3.87. The Kier molecular flexibility index (Phi) is 3.33. The average Bonchev–Trinajstić information content (AvgIpc) is 2.91. The summed E-state index contributed by atoms with van der Waals surface area (Å²) in [5, 5.41) is 19.0. The van der Waals surface area contributed by atoms with Crippen LogP contribution in [0.4, 0.5) is 0 Å². The molecule has 5 nitrogen and oxygen atoms in total. The number of amides is 1. The van der Waals surface area contributed by atoms with E-state index in [4.69, 9.17) is 11.0 Å². The number of nitrogens with two attached hydrogens (primary N) is 1. The molecule has 2 aromatic carbocycles. The Hall–Kier alpha value is -3.57. The maximum atomic E-state index is 11.6. The standard InChI is InChI=1S/C18H12N4O/c1-10-14-6-12(9-20)7-15(17(14)22-16(10)18(21)23)13-4-2-11(8-19)3-5-13/h2-7,22H,1H3,(H2,21,23). The third kappa shape index (κ3) is 2.31. The number of hydrogen-bond donors (Lipinski definition) is 2. The lowest BCUT2D eigenvalue weighted by molar-refractivity contribution is 0.0996. The Balaban J connectivity index is 2.34. The van der Waals surface area contributed by atoms with Gasteiger partial charge in [0.25, 0.3) is 5.91 Å². The highest BCUT2D eigenvalue weighted by Gasteiger charge is 2.16. The summed E-state index contributed by atoms with van der Waals surface area (Å²) in [5.74, 6) is -0.539. The van der Waals surface area contributed by atoms with E-state index in [1.54, 1.807) is 31.2 Å². The molecule has 0 saturated heterocycles. The first-order valence-electron chi connectivity index (χ1n) is 6.92. The van der Waals surface area contributed by atoms with Gasteiger partial charge < -0.3 is 10.7 Å². The molecule has 0 spiro atoms. The van der Waals surface area contributed by atoms with Crippen molar-refractivity contribution in [3.8, 4) is 23.3 Å². The lowest BCUT2D eigenvalue weighted by Crippen LogP contribution is -2.12. The predicted octanol–water partition coefficient (Wildman–Crippen LogP) is 2.99. The topological polar surface area (TPSA) is 106 Å². The zero-order chi connectivity index (χ0) is 16.6. The minimum absolute atomic E-state index is 0.338. The van der Waals surface area contributed by atoms with Crippen molar-refractivity contribution in [3.05, 3.63) is 58.8 Å². The first-order valence-corrected chi connectivity index (χ1v) is 6.92. The number of H-pyrrole nitrogens is 1. The number of primary amides is 1. The van der Waals surface area contributed by atoms with Gasteiger partial charge in [-0.15, -0.1) is 0 Å². The largest absolute Gasteiger partial charge is 0.364 e. The van der Waals surface area contributed by atoms with E-state index in [0.717, 1.165) is 27.6 Å². The van der Waals surface area contributed by atoms with E-state index < -0.39 is 5.91 Å². The van der Waals surface area contributed by atoms with E-state index in [-0.39, 0.29) is 0 Å². The van der Waals surface area contributed by atoms with Gasteiger partial charge in [-0.1, -0.05) is 12.1 Å². The molecular weight excluding hydrogens is 288 g/mol. The number of nitrogens with one attached hydrogen (secondary N) is 1. The van der Waals surface area contributed by atoms with Gasteiger partial charge in [0, 0.05) is 10.9 Å². The fourth-order valence-corrected chi connectivity index (χ4v) is 2.69. The highest BCUT2D eigenvalue weighted by molar-refractivity contribution is 6.05. The number of aromatic amines is 1. The van der Waals surface area contributed by atoms with Gasteiger partial charge in [0.2, 0.25) is 0 Å². The quantitative estimate of drug-likeness (QED) is 0.759. The molecule has 1 heterocycles. The normalized spacial score (nSPS) is 10.2. The van der Waals surface area contributed by atoms with Crippen molar-refractivity contribution < 1.29 is 4.79 Å².